The van der Waals surface area contributed by atoms with E-state index in [1.54, 1.807) is 0 Å². The number of nitrogens with zero attached hydrogens (tertiary/aromatic N) is 1. The summed E-state index contributed by atoms with van der Waals surface area (Å²) in [6.45, 7) is 1.45. The normalized spacial score (nSPS) is 20.8. The van der Waals surface area contributed by atoms with E-state index >= 15 is 0 Å². The summed E-state index contributed by atoms with van der Waals surface area (Å²) in [6.07, 6.45) is 1.93. The molecule has 5 heteroatoms. The van der Waals surface area contributed by atoms with E-state index in [0.717, 1.165) is 25.2 Å². The van der Waals surface area contributed by atoms with Gasteiger partial charge < -0.3 is 15.9 Å². The number of hydrazone groups is 1. The summed E-state index contributed by atoms with van der Waals surface area (Å²) in [5, 5.41) is 3.96. The molecule has 0 aromatic heterocycles. The van der Waals surface area contributed by atoms with E-state index < -0.39 is 5.91 Å². The first kappa shape index (κ1) is 8.99. The molecule has 0 bridgehead atoms. The van der Waals surface area contributed by atoms with E-state index in [1.165, 1.54) is 0 Å². The minimum absolute atomic E-state index is 0.0868. The first-order chi connectivity index (χ1) is 5.79. The average molecular weight is 171 g/mol. The van der Waals surface area contributed by atoms with Gasteiger partial charge in [0.1, 0.15) is 6.54 Å². The number of carbonyl (C=O) groups is 1. The predicted octanol–water partition coefficient (Wildman–Crippen LogP) is -0.772. The molecule has 0 radical (unpaired) electrons. The van der Waals surface area contributed by atoms with Crippen LogP contribution in [0.5, 0.6) is 0 Å². The summed E-state index contributed by atoms with van der Waals surface area (Å²) in [4.78, 5) is 10.3. The Balaban J connectivity index is 2.20. The molecule has 0 aromatic carbocycles. The van der Waals surface area contributed by atoms with Crippen molar-refractivity contribution >= 4 is 11.6 Å². The molecule has 0 aromatic rings. The van der Waals surface area contributed by atoms with Gasteiger partial charge in [-0.05, 0) is 12.8 Å². The lowest BCUT2D eigenvalue weighted by atomic mass is 10.2. The lowest BCUT2D eigenvalue weighted by molar-refractivity contribution is -0.117. The van der Waals surface area contributed by atoms with Crippen molar-refractivity contribution in [3.63, 3.8) is 0 Å². The summed E-state index contributed by atoms with van der Waals surface area (Å²) in [6, 6.07) is 0. The molecule has 12 heavy (non-hydrogen) atoms. The molecule has 0 saturated carbocycles. The van der Waals surface area contributed by atoms with Gasteiger partial charge in [0.2, 0.25) is 5.91 Å². The quantitative estimate of drug-likeness (QED) is 0.547. The highest BCUT2D eigenvalue weighted by molar-refractivity contribution is 5.86. The number of ether oxygens (including phenoxy) is 1. The maximum absolute atomic E-state index is 10.3. The lowest BCUT2D eigenvalue weighted by Crippen LogP contribution is -2.27. The molecule has 5 nitrogen and oxygen atoms in total. The fourth-order valence-electron chi connectivity index (χ4n) is 0.958. The zero-order valence-electron chi connectivity index (χ0n) is 6.88. The highest BCUT2D eigenvalue weighted by atomic mass is 16.5. The molecule has 1 heterocycles. The van der Waals surface area contributed by atoms with Crippen LogP contribution in [0.4, 0.5) is 0 Å². The van der Waals surface area contributed by atoms with Gasteiger partial charge in [-0.1, -0.05) is 0 Å². The van der Waals surface area contributed by atoms with Gasteiger partial charge in [-0.2, -0.15) is 5.10 Å². The lowest BCUT2D eigenvalue weighted by Gasteiger charge is -2.12. The zero-order chi connectivity index (χ0) is 8.81. The van der Waals surface area contributed by atoms with Gasteiger partial charge in [0.15, 0.2) is 0 Å². The summed E-state index contributed by atoms with van der Waals surface area (Å²) in [5.41, 5.74) is 8.44. The smallest absolute Gasteiger partial charge is 0.238 e. The standard InChI is InChI=1S/C7H13N3O2/c8-7(11)4-9-10-6-2-1-3-12-5-6/h9H,1-5H2,(H2,8,11)/b10-6-. The number of primary amides is 1. The molecule has 1 aliphatic heterocycles. The second-order valence-corrected chi connectivity index (χ2v) is 2.64. The van der Waals surface area contributed by atoms with E-state index in [-0.39, 0.29) is 6.54 Å². The van der Waals surface area contributed by atoms with Crippen LogP contribution >= 0.6 is 0 Å². The minimum atomic E-state index is -0.406. The van der Waals surface area contributed by atoms with Gasteiger partial charge >= 0.3 is 0 Å². The van der Waals surface area contributed by atoms with Crippen LogP contribution in [0.25, 0.3) is 0 Å². The molecule has 3 N–H and O–H groups in total. The van der Waals surface area contributed by atoms with Crippen LogP contribution in [-0.4, -0.2) is 31.4 Å². The Bertz CT molecular complexity index is 183. The molecule has 0 spiro atoms. The second kappa shape index (κ2) is 4.71. The Hall–Kier alpha value is -1.10. The minimum Gasteiger partial charge on any atom is -0.375 e. The molecule has 1 saturated heterocycles. The molecular formula is C7H13N3O2. The number of nitrogens with two attached hydrogens (primary N) is 1. The number of nitrogens with one attached hydrogen (secondary N) is 1. The van der Waals surface area contributed by atoms with Crippen LogP contribution in [0.2, 0.25) is 0 Å². The SMILES string of the molecule is NC(=O)CN/N=C1/CCCOC1. The topological polar surface area (TPSA) is 76.7 Å². The van der Waals surface area contributed by atoms with E-state index in [2.05, 4.69) is 10.5 Å². The molecular weight excluding hydrogens is 158 g/mol. The summed E-state index contributed by atoms with van der Waals surface area (Å²) < 4.78 is 5.15. The van der Waals surface area contributed by atoms with Crippen molar-refractivity contribution < 1.29 is 9.53 Å². The monoisotopic (exact) mass is 171 g/mol. The van der Waals surface area contributed by atoms with Crippen molar-refractivity contribution in [1.82, 2.24) is 5.43 Å². The van der Waals surface area contributed by atoms with Crippen molar-refractivity contribution in [3.05, 3.63) is 0 Å². The highest BCUT2D eigenvalue weighted by Gasteiger charge is 2.06. The molecule has 1 aliphatic rings. The van der Waals surface area contributed by atoms with Gasteiger partial charge in [0.25, 0.3) is 0 Å². The van der Waals surface area contributed by atoms with Gasteiger partial charge in [-0.15, -0.1) is 0 Å². The molecule has 1 amide bonds. The van der Waals surface area contributed by atoms with Crippen molar-refractivity contribution in [2.24, 2.45) is 10.8 Å². The van der Waals surface area contributed by atoms with Crippen LogP contribution in [0.1, 0.15) is 12.8 Å². The maximum atomic E-state index is 10.3. The van der Waals surface area contributed by atoms with Crippen LogP contribution in [0.3, 0.4) is 0 Å². The first-order valence-corrected chi connectivity index (χ1v) is 3.93. The fraction of sp³-hybridized carbons (Fsp3) is 0.714. The number of carbonyl (C=O) groups excluding carboxylic acids is 1. The molecule has 0 unspecified atom stereocenters. The number of hydrogen-bond acceptors (Lipinski definition) is 4. The largest absolute Gasteiger partial charge is 0.375 e. The Morgan fingerprint density at radius 3 is 3.17 bits per heavy atom. The maximum Gasteiger partial charge on any atom is 0.238 e. The second-order valence-electron chi connectivity index (χ2n) is 2.64. The molecule has 1 rings (SSSR count). The van der Waals surface area contributed by atoms with E-state index in [1.807, 2.05) is 0 Å². The van der Waals surface area contributed by atoms with E-state index in [9.17, 15) is 4.79 Å². The summed E-state index contributed by atoms with van der Waals surface area (Å²) >= 11 is 0. The third-order valence-corrected chi connectivity index (χ3v) is 1.51. The highest BCUT2D eigenvalue weighted by Crippen LogP contribution is 2.01. The number of amides is 1. The van der Waals surface area contributed by atoms with Crippen molar-refractivity contribution in [2.45, 2.75) is 12.8 Å². The van der Waals surface area contributed by atoms with Crippen LogP contribution in [0, 0.1) is 0 Å². The zero-order valence-corrected chi connectivity index (χ0v) is 6.88. The Morgan fingerprint density at radius 1 is 1.75 bits per heavy atom. The van der Waals surface area contributed by atoms with Crippen molar-refractivity contribution in [1.29, 1.82) is 0 Å². The molecule has 68 valence electrons. The third-order valence-electron chi connectivity index (χ3n) is 1.51. The van der Waals surface area contributed by atoms with Gasteiger partial charge in [-0.25, -0.2) is 0 Å². The number of hydrogen-bond donors (Lipinski definition) is 2. The van der Waals surface area contributed by atoms with Gasteiger partial charge in [0.05, 0.1) is 12.3 Å². The van der Waals surface area contributed by atoms with Crippen LogP contribution in [-0.2, 0) is 9.53 Å². The number of rotatable bonds is 3. The Kier molecular flexibility index (Phi) is 3.53. The van der Waals surface area contributed by atoms with E-state index in [0.29, 0.717) is 6.61 Å². The summed E-state index contributed by atoms with van der Waals surface area (Å²) in [7, 11) is 0. The van der Waals surface area contributed by atoms with Crippen molar-refractivity contribution in [3.8, 4) is 0 Å². The first-order valence-electron chi connectivity index (χ1n) is 3.93. The fourth-order valence-corrected chi connectivity index (χ4v) is 0.958. The summed E-state index contributed by atoms with van der Waals surface area (Å²) in [5.74, 6) is -0.406. The average Bonchev–Trinajstić information content (AvgIpc) is 2.05. The predicted molar refractivity (Wildman–Crippen MR) is 44.7 cm³/mol. The molecule has 0 atom stereocenters. The Morgan fingerprint density at radius 2 is 2.58 bits per heavy atom. The van der Waals surface area contributed by atoms with Crippen LogP contribution in [0.15, 0.2) is 5.10 Å². The van der Waals surface area contributed by atoms with Crippen molar-refractivity contribution in [2.75, 3.05) is 19.8 Å². The van der Waals surface area contributed by atoms with E-state index in [4.69, 9.17) is 10.5 Å². The van der Waals surface area contributed by atoms with Gasteiger partial charge in [-0.3, -0.25) is 4.79 Å². The van der Waals surface area contributed by atoms with Gasteiger partial charge in [0, 0.05) is 6.61 Å². The Labute approximate surface area is 71.0 Å². The van der Waals surface area contributed by atoms with Crippen LogP contribution < -0.4 is 11.2 Å². The third kappa shape index (κ3) is 3.34. The molecule has 1 fully saturated rings. The molecule has 0 aliphatic carbocycles.